The van der Waals surface area contributed by atoms with Gasteiger partial charge in [0.25, 0.3) is 0 Å². The molecule has 3 nitrogen and oxygen atoms in total. The van der Waals surface area contributed by atoms with Gasteiger partial charge >= 0.3 is 0 Å². The van der Waals surface area contributed by atoms with Crippen LogP contribution in [0, 0.1) is 0 Å². The number of hydrogen-bond acceptors (Lipinski definition) is 3. The van der Waals surface area contributed by atoms with E-state index in [2.05, 4.69) is 30.8 Å². The monoisotopic (exact) mass is 170 g/mol. The van der Waals surface area contributed by atoms with E-state index in [1.807, 2.05) is 0 Å². The molecule has 0 aromatic heterocycles. The van der Waals surface area contributed by atoms with Gasteiger partial charge in [0, 0.05) is 25.0 Å². The van der Waals surface area contributed by atoms with E-state index in [9.17, 15) is 0 Å². The van der Waals surface area contributed by atoms with Gasteiger partial charge < -0.3 is 4.84 Å². The van der Waals surface area contributed by atoms with Gasteiger partial charge in [0.05, 0.1) is 5.71 Å². The van der Waals surface area contributed by atoms with Crippen LogP contribution in [0.25, 0.3) is 0 Å². The summed E-state index contributed by atoms with van der Waals surface area (Å²) in [5, 5.41) is 3.96. The summed E-state index contributed by atoms with van der Waals surface area (Å²) in [5.74, 6) is 0. The minimum atomic E-state index is 0.255. The number of oxime groups is 1. The van der Waals surface area contributed by atoms with E-state index in [1.165, 1.54) is 0 Å². The molecular formula is C9H18N2O. The summed E-state index contributed by atoms with van der Waals surface area (Å²) in [6.45, 7) is 8.73. The van der Waals surface area contributed by atoms with Crippen molar-refractivity contribution in [2.45, 2.75) is 32.7 Å². The summed E-state index contributed by atoms with van der Waals surface area (Å²) < 4.78 is 0. The molecule has 0 bridgehead atoms. The van der Waals surface area contributed by atoms with Crippen molar-refractivity contribution in [1.82, 2.24) is 4.90 Å². The zero-order chi connectivity index (χ0) is 9.19. The van der Waals surface area contributed by atoms with E-state index in [-0.39, 0.29) is 5.54 Å². The first-order valence-electron chi connectivity index (χ1n) is 4.38. The molecule has 0 aromatic carbocycles. The van der Waals surface area contributed by atoms with Gasteiger partial charge in [0.2, 0.25) is 0 Å². The first-order chi connectivity index (χ1) is 5.54. The molecule has 0 unspecified atom stereocenters. The minimum absolute atomic E-state index is 0.255. The fraction of sp³-hybridized carbons (Fsp3) is 0.889. The van der Waals surface area contributed by atoms with Gasteiger partial charge in [-0.3, -0.25) is 4.90 Å². The SMILES string of the molecule is CO/N=C1/CCN(C(C)(C)C)C1. The van der Waals surface area contributed by atoms with Crippen LogP contribution in [0.3, 0.4) is 0 Å². The Morgan fingerprint density at radius 1 is 1.42 bits per heavy atom. The predicted molar refractivity (Wildman–Crippen MR) is 50.4 cm³/mol. The minimum Gasteiger partial charge on any atom is -0.399 e. The maximum atomic E-state index is 4.75. The summed E-state index contributed by atoms with van der Waals surface area (Å²) in [4.78, 5) is 7.16. The van der Waals surface area contributed by atoms with Gasteiger partial charge in [-0.2, -0.15) is 0 Å². The first-order valence-corrected chi connectivity index (χ1v) is 4.38. The third-order valence-corrected chi connectivity index (χ3v) is 2.21. The standard InChI is InChI=1S/C9H18N2O/c1-9(2,3)11-6-5-8(7-11)10-12-4/h5-7H2,1-4H3/b10-8-. The van der Waals surface area contributed by atoms with Crippen LogP contribution in [0.2, 0.25) is 0 Å². The second-order valence-electron chi connectivity index (χ2n) is 4.18. The highest BCUT2D eigenvalue weighted by atomic mass is 16.6. The number of nitrogens with zero attached hydrogens (tertiary/aromatic N) is 2. The van der Waals surface area contributed by atoms with Crippen LogP contribution in [0.15, 0.2) is 5.16 Å². The Morgan fingerprint density at radius 2 is 2.08 bits per heavy atom. The quantitative estimate of drug-likeness (QED) is 0.557. The Morgan fingerprint density at radius 3 is 2.50 bits per heavy atom. The second-order valence-corrected chi connectivity index (χ2v) is 4.18. The van der Waals surface area contributed by atoms with E-state index in [0.717, 1.165) is 25.2 Å². The molecule has 70 valence electrons. The van der Waals surface area contributed by atoms with Crippen molar-refractivity contribution in [1.29, 1.82) is 0 Å². The third kappa shape index (κ3) is 2.21. The molecule has 1 rings (SSSR count). The highest BCUT2D eigenvalue weighted by Gasteiger charge is 2.27. The van der Waals surface area contributed by atoms with Gasteiger partial charge in [-0.25, -0.2) is 0 Å². The lowest BCUT2D eigenvalue weighted by atomic mass is 10.1. The number of hydrogen-bond donors (Lipinski definition) is 0. The van der Waals surface area contributed by atoms with Crippen LogP contribution in [0.1, 0.15) is 27.2 Å². The van der Waals surface area contributed by atoms with Gasteiger partial charge in [0.15, 0.2) is 0 Å². The molecule has 0 saturated carbocycles. The normalized spacial score (nSPS) is 23.5. The summed E-state index contributed by atoms with van der Waals surface area (Å²) in [6.07, 6.45) is 1.05. The smallest absolute Gasteiger partial charge is 0.106 e. The van der Waals surface area contributed by atoms with Crippen LogP contribution in [-0.2, 0) is 4.84 Å². The van der Waals surface area contributed by atoms with Crippen molar-refractivity contribution in [3.8, 4) is 0 Å². The van der Waals surface area contributed by atoms with E-state index in [1.54, 1.807) is 7.11 Å². The van der Waals surface area contributed by atoms with Crippen LogP contribution in [0.4, 0.5) is 0 Å². The average Bonchev–Trinajstić information content (AvgIpc) is 2.35. The Bertz CT molecular complexity index is 181. The van der Waals surface area contributed by atoms with Gasteiger partial charge in [0.1, 0.15) is 7.11 Å². The van der Waals surface area contributed by atoms with E-state index < -0.39 is 0 Å². The lowest BCUT2D eigenvalue weighted by molar-refractivity contribution is 0.179. The molecule has 1 fully saturated rings. The first kappa shape index (κ1) is 9.52. The molecule has 0 aliphatic carbocycles. The van der Waals surface area contributed by atoms with Crippen molar-refractivity contribution in [2.24, 2.45) is 5.16 Å². The highest BCUT2D eigenvalue weighted by Crippen LogP contribution is 2.18. The van der Waals surface area contributed by atoms with Crippen molar-refractivity contribution in [3.63, 3.8) is 0 Å². The van der Waals surface area contributed by atoms with E-state index in [0.29, 0.717) is 0 Å². The van der Waals surface area contributed by atoms with Crippen LogP contribution < -0.4 is 0 Å². The summed E-state index contributed by atoms with van der Waals surface area (Å²) in [6, 6.07) is 0. The van der Waals surface area contributed by atoms with Gasteiger partial charge in [-0.15, -0.1) is 0 Å². The van der Waals surface area contributed by atoms with Crippen molar-refractivity contribution < 1.29 is 4.84 Å². The molecule has 0 spiro atoms. The molecule has 0 N–H and O–H groups in total. The molecule has 3 heteroatoms. The van der Waals surface area contributed by atoms with Crippen LogP contribution in [0.5, 0.6) is 0 Å². The molecule has 1 aliphatic rings. The zero-order valence-electron chi connectivity index (χ0n) is 8.42. The fourth-order valence-electron chi connectivity index (χ4n) is 1.42. The molecule has 0 aromatic rings. The number of likely N-dealkylation sites (tertiary alicyclic amines) is 1. The average molecular weight is 170 g/mol. The maximum Gasteiger partial charge on any atom is 0.106 e. The Labute approximate surface area is 74.4 Å². The molecule has 1 heterocycles. The molecule has 0 amide bonds. The third-order valence-electron chi connectivity index (χ3n) is 2.21. The van der Waals surface area contributed by atoms with Crippen molar-refractivity contribution in [3.05, 3.63) is 0 Å². The molecule has 12 heavy (non-hydrogen) atoms. The van der Waals surface area contributed by atoms with Crippen molar-refractivity contribution >= 4 is 5.71 Å². The predicted octanol–water partition coefficient (Wildman–Crippen LogP) is 1.49. The highest BCUT2D eigenvalue weighted by molar-refractivity contribution is 5.87. The summed E-state index contributed by atoms with van der Waals surface area (Å²) in [5.41, 5.74) is 1.41. The molecule has 0 radical (unpaired) electrons. The molecule has 0 atom stereocenters. The lowest BCUT2D eigenvalue weighted by Gasteiger charge is -2.30. The largest absolute Gasteiger partial charge is 0.399 e. The Hall–Kier alpha value is -0.570. The number of rotatable bonds is 1. The molecule has 1 saturated heterocycles. The lowest BCUT2D eigenvalue weighted by Crippen LogP contribution is -2.39. The Balaban J connectivity index is 2.51. The van der Waals surface area contributed by atoms with Crippen LogP contribution >= 0.6 is 0 Å². The van der Waals surface area contributed by atoms with Gasteiger partial charge in [-0.05, 0) is 20.8 Å². The molecular weight excluding hydrogens is 152 g/mol. The summed E-state index contributed by atoms with van der Waals surface area (Å²) in [7, 11) is 1.60. The van der Waals surface area contributed by atoms with E-state index >= 15 is 0 Å². The zero-order valence-corrected chi connectivity index (χ0v) is 8.42. The second kappa shape index (κ2) is 3.44. The van der Waals surface area contributed by atoms with Crippen molar-refractivity contribution in [2.75, 3.05) is 20.2 Å². The fourth-order valence-corrected chi connectivity index (χ4v) is 1.42. The Kier molecular flexibility index (Phi) is 2.73. The maximum absolute atomic E-state index is 4.75. The van der Waals surface area contributed by atoms with Gasteiger partial charge in [-0.1, -0.05) is 5.16 Å². The van der Waals surface area contributed by atoms with E-state index in [4.69, 9.17) is 4.84 Å². The molecule has 1 aliphatic heterocycles. The summed E-state index contributed by atoms with van der Waals surface area (Å²) >= 11 is 0. The van der Waals surface area contributed by atoms with Crippen LogP contribution in [-0.4, -0.2) is 36.3 Å². The topological polar surface area (TPSA) is 24.8 Å².